The Hall–Kier alpha value is -1.81. The molecule has 18 heavy (non-hydrogen) atoms. The molecule has 3 rings (SSSR count). The normalized spacial score (nSPS) is 10.8. The lowest BCUT2D eigenvalue weighted by molar-refractivity contribution is 1.19. The van der Waals surface area contributed by atoms with Crippen LogP contribution in [0.3, 0.4) is 0 Å². The summed E-state index contributed by atoms with van der Waals surface area (Å²) in [4.78, 5) is 13.1. The van der Waals surface area contributed by atoms with Crippen molar-refractivity contribution in [3.05, 3.63) is 52.9 Å². The minimum absolute atomic E-state index is 0.719. The van der Waals surface area contributed by atoms with Gasteiger partial charge in [-0.25, -0.2) is 9.97 Å². The van der Waals surface area contributed by atoms with E-state index in [1.165, 1.54) is 0 Å². The van der Waals surface area contributed by atoms with E-state index in [0.717, 1.165) is 32.3 Å². The second-order valence-corrected chi connectivity index (χ2v) is 5.01. The Morgan fingerprint density at radius 2 is 2.00 bits per heavy atom. The van der Waals surface area contributed by atoms with Crippen LogP contribution in [0, 0.1) is 6.92 Å². The fraction of sp³-hybridized carbons (Fsp3) is 0.0714. The van der Waals surface area contributed by atoms with Gasteiger partial charge in [-0.2, -0.15) is 0 Å². The third-order valence-corrected chi connectivity index (χ3v) is 3.28. The van der Waals surface area contributed by atoms with Crippen molar-refractivity contribution in [3.63, 3.8) is 0 Å². The van der Waals surface area contributed by atoms with Crippen LogP contribution in [0.2, 0.25) is 0 Å². The molecule has 0 aliphatic heterocycles. The Balaban J connectivity index is 2.20. The van der Waals surface area contributed by atoms with Gasteiger partial charge in [0.15, 0.2) is 5.82 Å². The SMILES string of the molecule is Cc1cncc2nc(-c3cccc(Br)c3)ncc12. The summed E-state index contributed by atoms with van der Waals surface area (Å²) in [5.74, 6) is 0.719. The Kier molecular flexibility index (Phi) is 2.80. The van der Waals surface area contributed by atoms with Gasteiger partial charge < -0.3 is 0 Å². The molecule has 4 heteroatoms. The number of halogens is 1. The van der Waals surface area contributed by atoms with Gasteiger partial charge >= 0.3 is 0 Å². The molecule has 0 atom stereocenters. The molecule has 0 spiro atoms. The Labute approximate surface area is 113 Å². The molecule has 0 bridgehead atoms. The van der Waals surface area contributed by atoms with Gasteiger partial charge in [-0.1, -0.05) is 28.1 Å². The maximum Gasteiger partial charge on any atom is 0.159 e. The van der Waals surface area contributed by atoms with E-state index >= 15 is 0 Å². The number of benzene rings is 1. The second kappa shape index (κ2) is 4.46. The van der Waals surface area contributed by atoms with Gasteiger partial charge in [0, 0.05) is 27.8 Å². The fourth-order valence-electron chi connectivity index (χ4n) is 1.85. The van der Waals surface area contributed by atoms with E-state index in [4.69, 9.17) is 0 Å². The van der Waals surface area contributed by atoms with E-state index in [-0.39, 0.29) is 0 Å². The number of hydrogen-bond acceptors (Lipinski definition) is 3. The zero-order valence-corrected chi connectivity index (χ0v) is 11.3. The third-order valence-electron chi connectivity index (χ3n) is 2.79. The van der Waals surface area contributed by atoms with Crippen molar-refractivity contribution in [2.75, 3.05) is 0 Å². The first-order chi connectivity index (χ1) is 8.74. The van der Waals surface area contributed by atoms with Crippen molar-refractivity contribution in [1.82, 2.24) is 15.0 Å². The number of rotatable bonds is 1. The molecule has 0 N–H and O–H groups in total. The molecule has 3 nitrogen and oxygen atoms in total. The van der Waals surface area contributed by atoms with E-state index in [2.05, 4.69) is 30.9 Å². The van der Waals surface area contributed by atoms with E-state index in [0.29, 0.717) is 0 Å². The van der Waals surface area contributed by atoms with Crippen molar-refractivity contribution in [2.45, 2.75) is 6.92 Å². The van der Waals surface area contributed by atoms with E-state index in [1.54, 1.807) is 6.20 Å². The highest BCUT2D eigenvalue weighted by atomic mass is 79.9. The number of nitrogens with zero attached hydrogens (tertiary/aromatic N) is 3. The number of fused-ring (bicyclic) bond motifs is 1. The molecule has 0 saturated carbocycles. The highest BCUT2D eigenvalue weighted by Gasteiger charge is 2.05. The molecule has 0 aliphatic carbocycles. The maximum atomic E-state index is 4.55. The van der Waals surface area contributed by atoms with Crippen LogP contribution >= 0.6 is 15.9 Å². The molecule has 0 fully saturated rings. The summed E-state index contributed by atoms with van der Waals surface area (Å²) in [6.45, 7) is 2.01. The van der Waals surface area contributed by atoms with E-state index < -0.39 is 0 Å². The molecule has 0 unspecified atom stereocenters. The van der Waals surface area contributed by atoms with Crippen molar-refractivity contribution < 1.29 is 0 Å². The quantitative estimate of drug-likeness (QED) is 0.687. The number of aromatic nitrogens is 3. The number of aryl methyl sites for hydroxylation is 1. The zero-order valence-electron chi connectivity index (χ0n) is 9.76. The fourth-order valence-corrected chi connectivity index (χ4v) is 2.25. The van der Waals surface area contributed by atoms with E-state index in [1.807, 2.05) is 43.6 Å². The predicted molar refractivity (Wildman–Crippen MR) is 75.2 cm³/mol. The van der Waals surface area contributed by atoms with Crippen LogP contribution in [0.15, 0.2) is 47.3 Å². The Morgan fingerprint density at radius 1 is 1.11 bits per heavy atom. The zero-order chi connectivity index (χ0) is 12.5. The first kappa shape index (κ1) is 11.3. The van der Waals surface area contributed by atoms with Crippen LogP contribution in [-0.2, 0) is 0 Å². The van der Waals surface area contributed by atoms with Crippen molar-refractivity contribution in [3.8, 4) is 11.4 Å². The summed E-state index contributed by atoms with van der Waals surface area (Å²) in [5.41, 5.74) is 2.96. The van der Waals surface area contributed by atoms with Gasteiger partial charge in [-0.15, -0.1) is 0 Å². The minimum Gasteiger partial charge on any atom is -0.262 e. The molecule has 0 radical (unpaired) electrons. The van der Waals surface area contributed by atoms with Gasteiger partial charge in [0.1, 0.15) is 0 Å². The molecule has 0 saturated heterocycles. The standard InChI is InChI=1S/C14H10BrN3/c1-9-6-16-8-13-12(9)7-17-14(18-13)10-3-2-4-11(15)5-10/h2-8H,1H3. The first-order valence-corrected chi connectivity index (χ1v) is 6.36. The highest BCUT2D eigenvalue weighted by molar-refractivity contribution is 9.10. The molecule has 3 aromatic rings. The maximum absolute atomic E-state index is 4.55. The van der Waals surface area contributed by atoms with Gasteiger partial charge in [-0.05, 0) is 24.6 Å². The monoisotopic (exact) mass is 299 g/mol. The summed E-state index contributed by atoms with van der Waals surface area (Å²) >= 11 is 3.45. The van der Waals surface area contributed by atoms with Crippen LogP contribution in [0.25, 0.3) is 22.3 Å². The predicted octanol–water partition coefficient (Wildman–Crippen LogP) is 3.76. The molecule has 2 heterocycles. The average molecular weight is 300 g/mol. The van der Waals surface area contributed by atoms with Crippen molar-refractivity contribution in [2.24, 2.45) is 0 Å². The molecular weight excluding hydrogens is 290 g/mol. The molecule has 0 aliphatic rings. The average Bonchev–Trinajstić information content (AvgIpc) is 2.39. The molecule has 2 aromatic heterocycles. The summed E-state index contributed by atoms with van der Waals surface area (Å²) < 4.78 is 1.02. The highest BCUT2D eigenvalue weighted by Crippen LogP contribution is 2.22. The smallest absolute Gasteiger partial charge is 0.159 e. The third kappa shape index (κ3) is 1.99. The van der Waals surface area contributed by atoms with Gasteiger partial charge in [0.25, 0.3) is 0 Å². The largest absolute Gasteiger partial charge is 0.262 e. The topological polar surface area (TPSA) is 38.7 Å². The van der Waals surface area contributed by atoms with Gasteiger partial charge in [-0.3, -0.25) is 4.98 Å². The minimum atomic E-state index is 0.719. The lowest BCUT2D eigenvalue weighted by Gasteiger charge is -2.04. The number of hydrogen-bond donors (Lipinski definition) is 0. The summed E-state index contributed by atoms with van der Waals surface area (Å²) in [6.07, 6.45) is 5.45. The van der Waals surface area contributed by atoms with Crippen molar-refractivity contribution >= 4 is 26.8 Å². The Morgan fingerprint density at radius 3 is 2.83 bits per heavy atom. The molecule has 1 aromatic carbocycles. The van der Waals surface area contributed by atoms with Crippen LogP contribution in [0.5, 0.6) is 0 Å². The van der Waals surface area contributed by atoms with Crippen LogP contribution < -0.4 is 0 Å². The van der Waals surface area contributed by atoms with E-state index in [9.17, 15) is 0 Å². The van der Waals surface area contributed by atoms with Crippen LogP contribution in [-0.4, -0.2) is 15.0 Å². The van der Waals surface area contributed by atoms with Crippen LogP contribution in [0.4, 0.5) is 0 Å². The van der Waals surface area contributed by atoms with Gasteiger partial charge in [0.2, 0.25) is 0 Å². The first-order valence-electron chi connectivity index (χ1n) is 5.57. The Bertz CT molecular complexity index is 725. The summed E-state index contributed by atoms with van der Waals surface area (Å²) in [7, 11) is 0. The molecule has 0 amide bonds. The lowest BCUT2D eigenvalue weighted by Crippen LogP contribution is -1.92. The van der Waals surface area contributed by atoms with Gasteiger partial charge in [0.05, 0.1) is 11.7 Å². The summed E-state index contributed by atoms with van der Waals surface area (Å²) in [5, 5.41) is 1.05. The number of pyridine rings is 1. The molecular formula is C14H10BrN3. The van der Waals surface area contributed by atoms with Crippen LogP contribution in [0.1, 0.15) is 5.56 Å². The van der Waals surface area contributed by atoms with Crippen molar-refractivity contribution in [1.29, 1.82) is 0 Å². The lowest BCUT2D eigenvalue weighted by atomic mass is 10.2. The molecule has 88 valence electrons. The second-order valence-electron chi connectivity index (χ2n) is 4.09. The summed E-state index contributed by atoms with van der Waals surface area (Å²) in [6, 6.07) is 7.96.